The Morgan fingerprint density at radius 1 is 0.800 bits per heavy atom. The molecule has 0 bridgehead atoms. The number of ether oxygens (including phenoxy) is 1. The van der Waals surface area contributed by atoms with E-state index in [0.717, 1.165) is 74.5 Å². The largest absolute Gasteiger partial charge is 0.494 e. The molecule has 1 fully saturated rings. The van der Waals surface area contributed by atoms with Gasteiger partial charge in [0.2, 0.25) is 9.84 Å². The summed E-state index contributed by atoms with van der Waals surface area (Å²) in [5, 5.41) is 1.19. The molecule has 1 saturated heterocycles. The van der Waals surface area contributed by atoms with Gasteiger partial charge in [-0.2, -0.15) is 0 Å². The van der Waals surface area contributed by atoms with Crippen molar-refractivity contribution in [3.63, 3.8) is 0 Å². The average Bonchev–Trinajstić information content (AvgIpc) is 3.36. The number of piperazine rings is 1. The summed E-state index contributed by atoms with van der Waals surface area (Å²) in [6.45, 7) is 5.65. The highest BCUT2D eigenvalue weighted by molar-refractivity contribution is 7.91. The van der Waals surface area contributed by atoms with Crippen LogP contribution in [0.5, 0.6) is 5.75 Å². The van der Waals surface area contributed by atoms with E-state index in [-0.39, 0.29) is 5.03 Å². The van der Waals surface area contributed by atoms with Gasteiger partial charge in [0.1, 0.15) is 10.8 Å². The van der Waals surface area contributed by atoms with Crippen LogP contribution in [0.1, 0.15) is 12.8 Å². The topological polar surface area (TPSA) is 65.6 Å². The number of rotatable bonds is 9. The number of hydrogen-bond donors (Lipinski definition) is 1. The van der Waals surface area contributed by atoms with E-state index in [4.69, 9.17) is 4.74 Å². The highest BCUT2D eigenvalue weighted by Crippen LogP contribution is 2.31. The van der Waals surface area contributed by atoms with Crippen molar-refractivity contribution in [1.29, 1.82) is 0 Å². The lowest BCUT2D eigenvalue weighted by Gasteiger charge is -2.36. The zero-order chi connectivity index (χ0) is 24.1. The van der Waals surface area contributed by atoms with E-state index >= 15 is 0 Å². The van der Waals surface area contributed by atoms with Gasteiger partial charge in [-0.3, -0.25) is 4.90 Å². The molecule has 35 heavy (non-hydrogen) atoms. The number of H-pyrrole nitrogens is 1. The fraction of sp³-hybridized carbons (Fsp3) is 0.286. The summed E-state index contributed by atoms with van der Waals surface area (Å²) in [5.41, 5.74) is 1.93. The Morgan fingerprint density at radius 2 is 1.51 bits per heavy atom. The summed E-state index contributed by atoms with van der Waals surface area (Å²) < 4.78 is 32.0. The van der Waals surface area contributed by atoms with Gasteiger partial charge >= 0.3 is 0 Å². The van der Waals surface area contributed by atoms with Crippen molar-refractivity contribution in [3.05, 3.63) is 84.9 Å². The molecule has 182 valence electrons. The zero-order valence-corrected chi connectivity index (χ0v) is 20.6. The number of nitrogens with zero attached hydrogens (tertiary/aromatic N) is 2. The molecule has 7 heteroatoms. The predicted molar refractivity (Wildman–Crippen MR) is 140 cm³/mol. The molecule has 6 nitrogen and oxygen atoms in total. The van der Waals surface area contributed by atoms with Crippen LogP contribution in [0.2, 0.25) is 0 Å². The highest BCUT2D eigenvalue weighted by atomic mass is 32.2. The highest BCUT2D eigenvalue weighted by Gasteiger charge is 2.23. The van der Waals surface area contributed by atoms with E-state index in [9.17, 15) is 8.42 Å². The molecule has 0 amide bonds. The van der Waals surface area contributed by atoms with Gasteiger partial charge in [0, 0.05) is 42.8 Å². The van der Waals surface area contributed by atoms with Crippen LogP contribution in [0.15, 0.2) is 94.9 Å². The summed E-state index contributed by atoms with van der Waals surface area (Å²) >= 11 is 0. The number of benzene rings is 3. The molecule has 1 aliphatic rings. The van der Waals surface area contributed by atoms with E-state index in [1.807, 2.05) is 48.5 Å². The molecule has 1 aromatic heterocycles. The molecule has 0 aliphatic carbocycles. The second kappa shape index (κ2) is 10.5. The Morgan fingerprint density at radius 3 is 2.26 bits per heavy atom. The lowest BCUT2D eigenvalue weighted by atomic mass is 10.1. The first-order chi connectivity index (χ1) is 17.1. The minimum Gasteiger partial charge on any atom is -0.494 e. The fourth-order valence-electron chi connectivity index (χ4n) is 4.62. The third-order valence-electron chi connectivity index (χ3n) is 6.55. The lowest BCUT2D eigenvalue weighted by Crippen LogP contribution is -2.46. The van der Waals surface area contributed by atoms with Crippen LogP contribution in [-0.4, -0.2) is 57.6 Å². The quantitative estimate of drug-likeness (QED) is 0.336. The van der Waals surface area contributed by atoms with Gasteiger partial charge in [0.15, 0.2) is 0 Å². The van der Waals surface area contributed by atoms with Crippen molar-refractivity contribution < 1.29 is 13.2 Å². The van der Waals surface area contributed by atoms with Crippen LogP contribution in [-0.2, 0) is 9.84 Å². The van der Waals surface area contributed by atoms with Gasteiger partial charge in [-0.05, 0) is 61.9 Å². The molecule has 0 unspecified atom stereocenters. The van der Waals surface area contributed by atoms with Gasteiger partial charge in [-0.1, -0.05) is 42.5 Å². The molecular weight excluding hydrogens is 458 g/mol. The molecular formula is C28H31N3O3S. The maximum Gasteiger partial charge on any atom is 0.221 e. The van der Waals surface area contributed by atoms with Crippen molar-refractivity contribution in [2.24, 2.45) is 0 Å². The second-order valence-corrected chi connectivity index (χ2v) is 10.8. The number of unbranched alkanes of at least 4 members (excludes halogenated alkanes) is 1. The van der Waals surface area contributed by atoms with E-state index in [0.29, 0.717) is 4.90 Å². The standard InChI is InChI=1S/C28H31N3O3S/c32-35(33,24-12-5-2-6-13-24)28-22-25-26(29-28)14-9-15-27(25)31-19-17-30(18-20-31)16-7-8-21-34-23-10-3-1-4-11-23/h1-6,9-15,22,29H,7-8,16-21H2. The normalized spacial score (nSPS) is 14.9. The average molecular weight is 490 g/mol. The summed E-state index contributed by atoms with van der Waals surface area (Å²) in [6.07, 6.45) is 2.15. The van der Waals surface area contributed by atoms with Gasteiger partial charge in [0.05, 0.1) is 11.5 Å². The molecule has 1 N–H and O–H groups in total. The molecule has 1 aliphatic heterocycles. The molecule has 5 rings (SSSR count). The minimum atomic E-state index is -3.58. The van der Waals surface area contributed by atoms with E-state index in [2.05, 4.69) is 20.9 Å². The van der Waals surface area contributed by atoms with Crippen molar-refractivity contribution in [1.82, 2.24) is 9.88 Å². The predicted octanol–water partition coefficient (Wildman–Crippen LogP) is 4.98. The molecule has 0 saturated carbocycles. The molecule has 2 heterocycles. The first-order valence-electron chi connectivity index (χ1n) is 12.2. The Balaban J connectivity index is 1.18. The molecule has 0 radical (unpaired) electrons. The summed E-state index contributed by atoms with van der Waals surface area (Å²) in [4.78, 5) is 8.31. The lowest BCUT2D eigenvalue weighted by molar-refractivity contribution is 0.239. The maximum absolute atomic E-state index is 13.1. The first-order valence-corrected chi connectivity index (χ1v) is 13.7. The van der Waals surface area contributed by atoms with Gasteiger partial charge in [-0.15, -0.1) is 0 Å². The van der Waals surface area contributed by atoms with Gasteiger partial charge in [0.25, 0.3) is 0 Å². The van der Waals surface area contributed by atoms with Crippen LogP contribution >= 0.6 is 0 Å². The fourth-order valence-corrected chi connectivity index (χ4v) is 5.90. The van der Waals surface area contributed by atoms with Crippen molar-refractivity contribution in [3.8, 4) is 5.75 Å². The van der Waals surface area contributed by atoms with E-state index in [1.54, 1.807) is 30.3 Å². The Kier molecular flexibility index (Phi) is 7.06. The molecule has 0 atom stereocenters. The second-order valence-electron chi connectivity index (χ2n) is 8.89. The SMILES string of the molecule is O=S(=O)(c1ccccc1)c1cc2c(N3CCN(CCCCOc4ccccc4)CC3)cccc2[nH]1. The Labute approximate surface area is 207 Å². The smallest absolute Gasteiger partial charge is 0.221 e. The van der Waals surface area contributed by atoms with Crippen molar-refractivity contribution in [2.75, 3.05) is 44.2 Å². The number of anilines is 1. The Hall–Kier alpha value is -3.29. The van der Waals surface area contributed by atoms with Crippen LogP contribution in [0.4, 0.5) is 5.69 Å². The number of nitrogens with one attached hydrogen (secondary N) is 1. The van der Waals surface area contributed by atoms with Crippen LogP contribution in [0.25, 0.3) is 10.9 Å². The third-order valence-corrected chi connectivity index (χ3v) is 8.24. The summed E-state index contributed by atoms with van der Waals surface area (Å²) in [5.74, 6) is 0.930. The minimum absolute atomic E-state index is 0.238. The van der Waals surface area contributed by atoms with Crippen molar-refractivity contribution >= 4 is 26.4 Å². The first kappa shape index (κ1) is 23.5. The van der Waals surface area contributed by atoms with Gasteiger partial charge < -0.3 is 14.6 Å². The number of hydrogen-bond acceptors (Lipinski definition) is 5. The maximum atomic E-state index is 13.1. The zero-order valence-electron chi connectivity index (χ0n) is 19.8. The number of para-hydroxylation sites is 1. The van der Waals surface area contributed by atoms with Crippen LogP contribution < -0.4 is 9.64 Å². The molecule has 4 aromatic rings. The monoisotopic (exact) mass is 489 g/mol. The third kappa shape index (κ3) is 5.36. The number of sulfone groups is 1. The molecule has 0 spiro atoms. The molecule has 3 aromatic carbocycles. The summed E-state index contributed by atoms with van der Waals surface area (Å²) in [6, 6.07) is 26.3. The van der Waals surface area contributed by atoms with E-state index in [1.165, 1.54) is 0 Å². The number of fused-ring (bicyclic) bond motifs is 1. The Bertz CT molecular complexity index is 1350. The van der Waals surface area contributed by atoms with Crippen molar-refractivity contribution in [2.45, 2.75) is 22.8 Å². The number of aromatic nitrogens is 1. The van der Waals surface area contributed by atoms with Crippen LogP contribution in [0, 0.1) is 0 Å². The van der Waals surface area contributed by atoms with Gasteiger partial charge in [-0.25, -0.2) is 8.42 Å². The summed E-state index contributed by atoms with van der Waals surface area (Å²) in [7, 11) is -3.58. The van der Waals surface area contributed by atoms with Crippen LogP contribution in [0.3, 0.4) is 0 Å². The number of aromatic amines is 1. The van der Waals surface area contributed by atoms with E-state index < -0.39 is 9.84 Å².